The molecule has 4 aliphatic heterocycles. The van der Waals surface area contributed by atoms with E-state index in [1.807, 2.05) is 0 Å². The van der Waals surface area contributed by atoms with Crippen LogP contribution in [0.2, 0.25) is 0 Å². The molecule has 0 atom stereocenters. The van der Waals surface area contributed by atoms with E-state index in [1.54, 1.807) is 5.56 Å². The molecule has 0 spiro atoms. The predicted molar refractivity (Wildman–Crippen MR) is 216 cm³/mol. The minimum atomic E-state index is 0.626. The van der Waals surface area contributed by atoms with Crippen LogP contribution >= 0.6 is 0 Å². The molecule has 0 saturated carbocycles. The molecule has 4 heteroatoms. The third-order valence-corrected chi connectivity index (χ3v) is 10.8. The zero-order chi connectivity index (χ0) is 35.6. The van der Waals surface area contributed by atoms with Crippen LogP contribution in [-0.4, -0.2) is 53.6 Å². The van der Waals surface area contributed by atoms with E-state index in [9.17, 15) is 0 Å². The van der Waals surface area contributed by atoms with Crippen molar-refractivity contribution in [3.8, 4) is 0 Å². The molecule has 0 N–H and O–H groups in total. The summed E-state index contributed by atoms with van der Waals surface area (Å²) in [5.74, 6) is 0. The van der Waals surface area contributed by atoms with E-state index in [4.69, 9.17) is 0 Å². The van der Waals surface area contributed by atoms with Crippen LogP contribution in [0.3, 0.4) is 0 Å². The molecule has 0 amide bonds. The molecule has 4 aromatic carbocycles. The highest BCUT2D eigenvalue weighted by molar-refractivity contribution is 5.58. The van der Waals surface area contributed by atoms with Crippen LogP contribution in [0, 0.1) is 0 Å². The number of hydrogen-bond acceptors (Lipinski definition) is 4. The molecule has 4 nitrogen and oxygen atoms in total. The van der Waals surface area contributed by atoms with Crippen LogP contribution in [0.25, 0.3) is 0 Å². The van der Waals surface area contributed by atoms with Gasteiger partial charge >= 0.3 is 0 Å². The Hall–Kier alpha value is -3.60. The quantitative estimate of drug-likeness (QED) is 0.214. The summed E-state index contributed by atoms with van der Waals surface area (Å²) in [4.78, 5) is 9.99. The Morgan fingerprint density at radius 3 is 1.24 bits per heavy atom. The van der Waals surface area contributed by atoms with Crippen LogP contribution in [-0.2, 0) is 38.9 Å². The zero-order valence-corrected chi connectivity index (χ0v) is 32.4. The van der Waals surface area contributed by atoms with Crippen LogP contribution in [0.1, 0.15) is 95.2 Å². The second-order valence-corrected chi connectivity index (χ2v) is 15.5. The van der Waals surface area contributed by atoms with Crippen molar-refractivity contribution >= 4 is 11.4 Å². The van der Waals surface area contributed by atoms with E-state index >= 15 is 0 Å². The molecule has 0 aliphatic carbocycles. The SMILES string of the molecule is CC(C)N1CCCc2ccccc21.CC(C)N1CCc2ccccc21.CC(C)N1CCc2ccccc2C1.CC(C)N1Cc2ccccc2C1. The van der Waals surface area contributed by atoms with Gasteiger partial charge in [-0.3, -0.25) is 9.80 Å². The van der Waals surface area contributed by atoms with Gasteiger partial charge in [0.2, 0.25) is 0 Å². The number of para-hydroxylation sites is 2. The lowest BCUT2D eigenvalue weighted by atomic mass is 9.99. The van der Waals surface area contributed by atoms with E-state index in [2.05, 4.69) is 172 Å². The summed E-state index contributed by atoms with van der Waals surface area (Å²) in [6.45, 7) is 25.1. The van der Waals surface area contributed by atoms with Gasteiger partial charge in [-0.05, 0) is 127 Å². The molecule has 0 unspecified atom stereocenters. The molecule has 0 fully saturated rings. The average Bonchev–Trinajstić information content (AvgIpc) is 3.77. The Labute approximate surface area is 305 Å². The lowest BCUT2D eigenvalue weighted by Crippen LogP contribution is -2.35. The first kappa shape index (κ1) is 37.7. The molecular weight excluding hydrogens is 609 g/mol. The maximum absolute atomic E-state index is 2.53. The fraction of sp³-hybridized carbons (Fsp3) is 0.478. The Morgan fingerprint density at radius 1 is 0.360 bits per heavy atom. The molecule has 8 rings (SSSR count). The Bertz CT molecular complexity index is 1600. The maximum atomic E-state index is 2.53. The third-order valence-electron chi connectivity index (χ3n) is 10.8. The van der Waals surface area contributed by atoms with E-state index in [1.165, 1.54) is 84.5 Å². The van der Waals surface area contributed by atoms with Gasteiger partial charge in [0.05, 0.1) is 0 Å². The van der Waals surface area contributed by atoms with Crippen LogP contribution in [0.4, 0.5) is 11.4 Å². The van der Waals surface area contributed by atoms with E-state index in [0.717, 1.165) is 19.6 Å². The molecule has 0 bridgehead atoms. The topological polar surface area (TPSA) is 13.0 Å². The minimum absolute atomic E-state index is 0.626. The van der Waals surface area contributed by atoms with Crippen molar-refractivity contribution in [2.24, 2.45) is 0 Å². The van der Waals surface area contributed by atoms with Crippen LogP contribution in [0.15, 0.2) is 97.1 Å². The second-order valence-electron chi connectivity index (χ2n) is 15.5. The van der Waals surface area contributed by atoms with Crippen molar-refractivity contribution in [3.05, 3.63) is 130 Å². The average molecular weight is 673 g/mol. The highest BCUT2D eigenvalue weighted by atomic mass is 15.2. The summed E-state index contributed by atoms with van der Waals surface area (Å²) in [6.07, 6.45) is 4.98. The largest absolute Gasteiger partial charge is 0.369 e. The smallest absolute Gasteiger partial charge is 0.0401 e. The van der Waals surface area contributed by atoms with Crippen LogP contribution < -0.4 is 9.80 Å². The summed E-state index contributed by atoms with van der Waals surface area (Å²) < 4.78 is 0. The van der Waals surface area contributed by atoms with Crippen LogP contribution in [0.5, 0.6) is 0 Å². The summed E-state index contributed by atoms with van der Waals surface area (Å²) in [6, 6.07) is 37.6. The first-order valence-electron chi connectivity index (χ1n) is 19.4. The van der Waals surface area contributed by atoms with Crippen molar-refractivity contribution in [1.82, 2.24) is 9.80 Å². The van der Waals surface area contributed by atoms with E-state index in [0.29, 0.717) is 24.2 Å². The van der Waals surface area contributed by atoms with Gasteiger partial charge in [0.25, 0.3) is 0 Å². The van der Waals surface area contributed by atoms with Gasteiger partial charge in [0.1, 0.15) is 0 Å². The summed E-state index contributed by atoms with van der Waals surface area (Å²) in [5, 5.41) is 0. The molecule has 0 saturated heterocycles. The highest BCUT2D eigenvalue weighted by Gasteiger charge is 2.21. The van der Waals surface area contributed by atoms with Gasteiger partial charge in [-0.1, -0.05) is 84.9 Å². The number of nitrogens with zero attached hydrogens (tertiary/aromatic N) is 4. The number of benzene rings is 4. The van der Waals surface area contributed by atoms with Gasteiger partial charge in [-0.2, -0.15) is 0 Å². The monoisotopic (exact) mass is 673 g/mol. The number of anilines is 2. The lowest BCUT2D eigenvalue weighted by molar-refractivity contribution is 0.203. The third kappa shape index (κ3) is 9.80. The van der Waals surface area contributed by atoms with Gasteiger partial charge in [0, 0.05) is 74.8 Å². The molecule has 0 aromatic heterocycles. The Balaban J connectivity index is 0.000000130. The molecule has 4 heterocycles. The summed E-state index contributed by atoms with van der Waals surface area (Å²) in [5.41, 5.74) is 12.0. The van der Waals surface area contributed by atoms with Crippen molar-refractivity contribution in [1.29, 1.82) is 0 Å². The molecule has 4 aliphatic rings. The Morgan fingerprint density at radius 2 is 0.740 bits per heavy atom. The van der Waals surface area contributed by atoms with Crippen molar-refractivity contribution in [2.45, 2.75) is 125 Å². The molecule has 268 valence electrons. The molecular formula is C46H64N4. The number of rotatable bonds is 4. The summed E-state index contributed by atoms with van der Waals surface area (Å²) >= 11 is 0. The van der Waals surface area contributed by atoms with Gasteiger partial charge in [-0.15, -0.1) is 0 Å². The normalized spacial score (nSPS) is 16.5. The molecule has 4 aromatic rings. The standard InChI is InChI=1S/2C12H17N.2C11H15N/c1-10(2)13-9-5-7-11-6-3-4-8-12(11)13;1-10(2)13-8-7-11-5-3-4-6-12(11)9-13;1-9(2)12-7-10-5-3-4-6-11(10)8-12;1-9(2)12-8-7-10-5-3-4-6-11(10)12/h3-4,6,8,10H,5,7,9H2,1-2H3;3-6,10H,7-9H2,1-2H3;2*3-6,9H,7-8H2,1-2H3. The molecule has 0 radical (unpaired) electrons. The van der Waals surface area contributed by atoms with Crippen molar-refractivity contribution < 1.29 is 0 Å². The molecule has 50 heavy (non-hydrogen) atoms. The minimum Gasteiger partial charge on any atom is -0.369 e. The summed E-state index contributed by atoms with van der Waals surface area (Å²) in [7, 11) is 0. The van der Waals surface area contributed by atoms with Crippen molar-refractivity contribution in [2.75, 3.05) is 29.4 Å². The number of aryl methyl sites for hydroxylation is 1. The fourth-order valence-corrected chi connectivity index (χ4v) is 7.68. The van der Waals surface area contributed by atoms with Gasteiger partial charge in [0.15, 0.2) is 0 Å². The first-order valence-corrected chi connectivity index (χ1v) is 19.4. The highest BCUT2D eigenvalue weighted by Crippen LogP contribution is 2.29. The van der Waals surface area contributed by atoms with Gasteiger partial charge < -0.3 is 9.80 Å². The van der Waals surface area contributed by atoms with E-state index in [-0.39, 0.29) is 0 Å². The fourth-order valence-electron chi connectivity index (χ4n) is 7.68. The second kappa shape index (κ2) is 18.1. The predicted octanol–water partition coefficient (Wildman–Crippen LogP) is 10.2. The Kier molecular flexibility index (Phi) is 13.6. The number of hydrogen-bond donors (Lipinski definition) is 0. The number of fused-ring (bicyclic) bond motifs is 4. The van der Waals surface area contributed by atoms with Crippen molar-refractivity contribution in [3.63, 3.8) is 0 Å². The van der Waals surface area contributed by atoms with E-state index < -0.39 is 0 Å². The zero-order valence-electron chi connectivity index (χ0n) is 32.4. The van der Waals surface area contributed by atoms with Gasteiger partial charge in [-0.25, -0.2) is 0 Å². The first-order chi connectivity index (χ1) is 24.1. The maximum Gasteiger partial charge on any atom is 0.0401 e. The lowest BCUT2D eigenvalue weighted by Gasteiger charge is -2.34.